The van der Waals surface area contributed by atoms with Crippen molar-refractivity contribution in [2.75, 3.05) is 6.61 Å². The molecule has 2 rings (SSSR count). The van der Waals surface area contributed by atoms with Crippen LogP contribution in [0.1, 0.15) is 6.42 Å². The molecule has 0 aromatic rings. The van der Waals surface area contributed by atoms with E-state index in [2.05, 4.69) is 0 Å². The van der Waals surface area contributed by atoms with E-state index in [9.17, 15) is 20.4 Å². The van der Waals surface area contributed by atoms with E-state index < -0.39 is 61.6 Å². The summed E-state index contributed by atoms with van der Waals surface area (Å²) in [4.78, 5) is 0. The molecule has 118 valence electrons. The minimum atomic E-state index is -1.40. The lowest BCUT2D eigenvalue weighted by molar-refractivity contribution is -0.241. The highest BCUT2D eigenvalue weighted by atomic mass is 16.7. The topological polar surface area (TPSA) is 172 Å². The average Bonchev–Trinajstić information content (AvgIpc) is 2.69. The maximum Gasteiger partial charge on any atom is 0.187 e. The molecule has 2 aliphatic rings. The largest absolute Gasteiger partial charge is 0.394 e. The standard InChI is InChI=1S/C11H22N2O7/c12-3-1-4(13)7(16)10(6(3)15)20-11-9(18)8(17)5(2-14)19-11/h3-11,14-18H,1-2,12-13H2/t3-,4+,5-,6+,7-,8-,9-,10?,11+/m1/s1. The van der Waals surface area contributed by atoms with Crippen LogP contribution in [0, 0.1) is 0 Å². The van der Waals surface area contributed by atoms with Gasteiger partial charge in [-0.05, 0) is 6.42 Å². The number of ether oxygens (including phenoxy) is 2. The molecule has 1 aliphatic carbocycles. The van der Waals surface area contributed by atoms with Gasteiger partial charge in [0, 0.05) is 12.1 Å². The quantitative estimate of drug-likeness (QED) is 0.271. The molecule has 1 saturated carbocycles. The summed E-state index contributed by atoms with van der Waals surface area (Å²) in [5.74, 6) is 0. The van der Waals surface area contributed by atoms with E-state index in [0.717, 1.165) is 0 Å². The zero-order chi connectivity index (χ0) is 15.0. The van der Waals surface area contributed by atoms with Crippen molar-refractivity contribution >= 4 is 0 Å². The SMILES string of the molecule is N[C@@H]1C[C@H](N)[C@@H](O)C(O[C@@H]2O[C@H](CO)[C@@H](O)[C@H]2O)[C@H]1O. The number of aliphatic hydroxyl groups excluding tert-OH is 5. The van der Waals surface area contributed by atoms with E-state index >= 15 is 0 Å². The number of hydrogen-bond acceptors (Lipinski definition) is 9. The van der Waals surface area contributed by atoms with Gasteiger partial charge in [-0.1, -0.05) is 0 Å². The number of nitrogens with two attached hydrogens (primary N) is 2. The Morgan fingerprint density at radius 3 is 1.95 bits per heavy atom. The van der Waals surface area contributed by atoms with Gasteiger partial charge in [0.2, 0.25) is 0 Å². The number of hydrogen-bond donors (Lipinski definition) is 7. The van der Waals surface area contributed by atoms with Crippen LogP contribution >= 0.6 is 0 Å². The highest BCUT2D eigenvalue weighted by Crippen LogP contribution is 2.28. The van der Waals surface area contributed by atoms with Gasteiger partial charge in [-0.15, -0.1) is 0 Å². The summed E-state index contributed by atoms with van der Waals surface area (Å²) in [5, 5.41) is 48.2. The zero-order valence-electron chi connectivity index (χ0n) is 10.8. The highest BCUT2D eigenvalue weighted by Gasteiger charge is 2.48. The Labute approximate surface area is 115 Å². The highest BCUT2D eigenvalue weighted by molar-refractivity contribution is 4.98. The Morgan fingerprint density at radius 1 is 0.950 bits per heavy atom. The number of rotatable bonds is 3. The summed E-state index contributed by atoms with van der Waals surface area (Å²) in [7, 11) is 0. The molecule has 9 nitrogen and oxygen atoms in total. The lowest BCUT2D eigenvalue weighted by Gasteiger charge is -2.40. The van der Waals surface area contributed by atoms with Gasteiger partial charge in [-0.25, -0.2) is 0 Å². The Morgan fingerprint density at radius 2 is 1.50 bits per heavy atom. The first kappa shape index (κ1) is 16.0. The summed E-state index contributed by atoms with van der Waals surface area (Å²) in [5.41, 5.74) is 11.4. The third-order valence-corrected chi connectivity index (χ3v) is 3.88. The van der Waals surface area contributed by atoms with Crippen molar-refractivity contribution in [1.82, 2.24) is 0 Å². The maximum absolute atomic E-state index is 9.95. The van der Waals surface area contributed by atoms with E-state index in [1.165, 1.54) is 0 Å². The van der Waals surface area contributed by atoms with Crippen LogP contribution in [0.4, 0.5) is 0 Å². The lowest BCUT2D eigenvalue weighted by Crippen LogP contribution is -2.63. The molecular formula is C11H22N2O7. The molecule has 0 spiro atoms. The van der Waals surface area contributed by atoms with Gasteiger partial charge in [0.1, 0.15) is 24.4 Å². The summed E-state index contributed by atoms with van der Waals surface area (Å²) < 4.78 is 10.5. The van der Waals surface area contributed by atoms with Gasteiger partial charge in [0.15, 0.2) is 6.29 Å². The van der Waals surface area contributed by atoms with Crippen LogP contribution in [0.15, 0.2) is 0 Å². The fraction of sp³-hybridized carbons (Fsp3) is 1.00. The first-order chi connectivity index (χ1) is 9.36. The molecule has 0 bridgehead atoms. The van der Waals surface area contributed by atoms with Crippen LogP contribution in [0.3, 0.4) is 0 Å². The zero-order valence-corrected chi connectivity index (χ0v) is 10.8. The Hall–Kier alpha value is -0.360. The van der Waals surface area contributed by atoms with E-state index in [-0.39, 0.29) is 6.42 Å². The van der Waals surface area contributed by atoms with Crippen molar-refractivity contribution in [3.05, 3.63) is 0 Å². The molecule has 9 atom stereocenters. The number of aliphatic hydroxyl groups is 5. The van der Waals surface area contributed by atoms with E-state index in [4.69, 9.17) is 26.0 Å². The molecule has 0 aromatic carbocycles. The third kappa shape index (κ3) is 2.82. The molecule has 1 saturated heterocycles. The molecule has 0 aromatic heterocycles. The van der Waals surface area contributed by atoms with Gasteiger partial charge < -0.3 is 46.5 Å². The molecule has 0 radical (unpaired) electrons. The lowest BCUT2D eigenvalue weighted by atomic mass is 9.84. The summed E-state index contributed by atoms with van der Waals surface area (Å²) >= 11 is 0. The fourth-order valence-corrected chi connectivity index (χ4v) is 2.58. The first-order valence-electron chi connectivity index (χ1n) is 6.52. The molecule has 0 amide bonds. The Balaban J connectivity index is 2.04. The monoisotopic (exact) mass is 294 g/mol. The van der Waals surface area contributed by atoms with Crippen molar-refractivity contribution in [3.63, 3.8) is 0 Å². The van der Waals surface area contributed by atoms with Crippen LogP contribution in [0.25, 0.3) is 0 Å². The summed E-state index contributed by atoms with van der Waals surface area (Å²) in [6.45, 7) is -0.493. The smallest absolute Gasteiger partial charge is 0.187 e. The second kappa shape index (κ2) is 6.18. The predicted octanol–water partition coefficient (Wildman–Crippen LogP) is -4.41. The molecule has 9 heteroatoms. The van der Waals surface area contributed by atoms with Crippen LogP contribution < -0.4 is 11.5 Å². The van der Waals surface area contributed by atoms with Crippen LogP contribution in [0.5, 0.6) is 0 Å². The predicted molar refractivity (Wildman–Crippen MR) is 65.2 cm³/mol. The van der Waals surface area contributed by atoms with Gasteiger partial charge in [0.05, 0.1) is 18.8 Å². The van der Waals surface area contributed by atoms with Crippen molar-refractivity contribution in [1.29, 1.82) is 0 Å². The molecular weight excluding hydrogens is 272 g/mol. The van der Waals surface area contributed by atoms with Crippen molar-refractivity contribution < 1.29 is 35.0 Å². The second-order valence-electron chi connectivity index (χ2n) is 5.35. The normalized spacial score (nSPS) is 53.2. The van der Waals surface area contributed by atoms with Crippen molar-refractivity contribution in [2.24, 2.45) is 11.5 Å². The van der Waals surface area contributed by atoms with Crippen molar-refractivity contribution in [2.45, 2.75) is 61.4 Å². The molecule has 9 N–H and O–H groups in total. The van der Waals surface area contributed by atoms with Crippen molar-refractivity contribution in [3.8, 4) is 0 Å². The molecule has 1 aliphatic heterocycles. The average molecular weight is 294 g/mol. The second-order valence-corrected chi connectivity index (χ2v) is 5.35. The van der Waals surface area contributed by atoms with E-state index in [1.807, 2.05) is 0 Å². The van der Waals surface area contributed by atoms with E-state index in [1.54, 1.807) is 0 Å². The summed E-state index contributed by atoms with van der Waals surface area (Å²) in [6.07, 6.45) is -8.25. The molecule has 2 fully saturated rings. The van der Waals surface area contributed by atoms with Gasteiger partial charge in [-0.2, -0.15) is 0 Å². The van der Waals surface area contributed by atoms with Crippen LogP contribution in [-0.2, 0) is 9.47 Å². The minimum absolute atomic E-state index is 0.234. The van der Waals surface area contributed by atoms with E-state index in [0.29, 0.717) is 0 Å². The minimum Gasteiger partial charge on any atom is -0.394 e. The Bertz CT molecular complexity index is 320. The first-order valence-corrected chi connectivity index (χ1v) is 6.52. The summed E-state index contributed by atoms with van der Waals surface area (Å²) in [6, 6.07) is -1.34. The van der Waals surface area contributed by atoms with Crippen LogP contribution in [0.2, 0.25) is 0 Å². The maximum atomic E-state index is 9.95. The Kier molecular flexibility index (Phi) is 4.95. The molecule has 1 unspecified atom stereocenters. The van der Waals surface area contributed by atoms with Gasteiger partial charge in [0.25, 0.3) is 0 Å². The molecule has 1 heterocycles. The fourth-order valence-electron chi connectivity index (χ4n) is 2.58. The molecule has 20 heavy (non-hydrogen) atoms. The third-order valence-electron chi connectivity index (χ3n) is 3.88. The van der Waals surface area contributed by atoms with Gasteiger partial charge in [-0.3, -0.25) is 0 Å². The van der Waals surface area contributed by atoms with Gasteiger partial charge >= 0.3 is 0 Å². The van der Waals surface area contributed by atoms with Crippen LogP contribution in [-0.4, -0.2) is 87.1 Å².